The monoisotopic (exact) mass is 331 g/mol. The summed E-state index contributed by atoms with van der Waals surface area (Å²) in [6.07, 6.45) is 0. The van der Waals surface area contributed by atoms with Crippen LogP contribution in [0.15, 0.2) is 36.4 Å². The van der Waals surface area contributed by atoms with E-state index in [1.807, 2.05) is 0 Å². The van der Waals surface area contributed by atoms with Gasteiger partial charge in [0, 0.05) is 21.6 Å². The highest BCUT2D eigenvalue weighted by Gasteiger charge is 2.12. The second kappa shape index (κ2) is 6.44. The minimum Gasteiger partial charge on any atom is -0.348 e. The standard InChI is InChI=1S/C14H9Cl3FNO/c15-9-2-1-8(12(17)5-9)7-19-14(20)11-4-3-10(16)6-13(11)18/h1-6H,7H2,(H,19,20). The molecular formula is C14H9Cl3FNO. The molecule has 0 unspecified atom stereocenters. The van der Waals surface area contributed by atoms with E-state index in [1.165, 1.54) is 12.1 Å². The van der Waals surface area contributed by atoms with E-state index in [1.54, 1.807) is 18.2 Å². The third-order valence-electron chi connectivity index (χ3n) is 2.63. The van der Waals surface area contributed by atoms with E-state index in [0.29, 0.717) is 15.6 Å². The van der Waals surface area contributed by atoms with E-state index in [-0.39, 0.29) is 17.1 Å². The fourth-order valence-corrected chi connectivity index (χ4v) is 2.24. The van der Waals surface area contributed by atoms with Crippen molar-refractivity contribution < 1.29 is 9.18 Å². The molecule has 0 bridgehead atoms. The molecule has 0 aliphatic rings. The van der Waals surface area contributed by atoms with Gasteiger partial charge in [-0.2, -0.15) is 0 Å². The van der Waals surface area contributed by atoms with E-state index >= 15 is 0 Å². The molecule has 0 heterocycles. The van der Waals surface area contributed by atoms with Gasteiger partial charge < -0.3 is 5.32 Å². The minimum atomic E-state index is -0.669. The zero-order valence-corrected chi connectivity index (χ0v) is 12.4. The van der Waals surface area contributed by atoms with Crippen LogP contribution < -0.4 is 5.32 Å². The van der Waals surface area contributed by atoms with Gasteiger partial charge in [0.15, 0.2) is 0 Å². The molecule has 0 aliphatic heterocycles. The summed E-state index contributed by atoms with van der Waals surface area (Å²) in [5, 5.41) is 3.77. The molecule has 2 nitrogen and oxygen atoms in total. The summed E-state index contributed by atoms with van der Waals surface area (Å²) in [6, 6.07) is 8.81. The van der Waals surface area contributed by atoms with Crippen molar-refractivity contribution in [3.63, 3.8) is 0 Å². The summed E-state index contributed by atoms with van der Waals surface area (Å²) in [5.41, 5.74) is 0.623. The second-order valence-electron chi connectivity index (χ2n) is 4.04. The van der Waals surface area contributed by atoms with E-state index in [2.05, 4.69) is 5.32 Å². The van der Waals surface area contributed by atoms with Gasteiger partial charge in [0.2, 0.25) is 0 Å². The van der Waals surface area contributed by atoms with Crippen molar-refractivity contribution in [2.45, 2.75) is 6.54 Å². The Morgan fingerprint density at radius 1 is 1.05 bits per heavy atom. The third-order valence-corrected chi connectivity index (χ3v) is 3.45. The largest absolute Gasteiger partial charge is 0.348 e. The van der Waals surface area contributed by atoms with Crippen molar-refractivity contribution in [2.75, 3.05) is 0 Å². The van der Waals surface area contributed by atoms with E-state index < -0.39 is 11.7 Å². The molecule has 0 saturated heterocycles. The Labute approximate surface area is 130 Å². The molecule has 2 aromatic carbocycles. The fourth-order valence-electron chi connectivity index (χ4n) is 1.61. The molecule has 2 rings (SSSR count). The highest BCUT2D eigenvalue weighted by molar-refractivity contribution is 6.35. The van der Waals surface area contributed by atoms with Crippen LogP contribution in [0.2, 0.25) is 15.1 Å². The zero-order chi connectivity index (χ0) is 14.7. The van der Waals surface area contributed by atoms with Crippen LogP contribution >= 0.6 is 34.8 Å². The van der Waals surface area contributed by atoms with Crippen LogP contribution in [-0.2, 0) is 6.54 Å². The van der Waals surface area contributed by atoms with Crippen LogP contribution in [0.4, 0.5) is 4.39 Å². The SMILES string of the molecule is O=C(NCc1ccc(Cl)cc1Cl)c1ccc(Cl)cc1F. The Morgan fingerprint density at radius 2 is 1.70 bits per heavy atom. The van der Waals surface area contributed by atoms with Crippen LogP contribution in [-0.4, -0.2) is 5.91 Å². The first-order valence-corrected chi connectivity index (χ1v) is 6.78. The first kappa shape index (κ1) is 15.1. The van der Waals surface area contributed by atoms with Crippen molar-refractivity contribution in [1.29, 1.82) is 0 Å². The van der Waals surface area contributed by atoms with Crippen LogP contribution in [0.25, 0.3) is 0 Å². The maximum atomic E-state index is 13.6. The molecule has 2 aromatic rings. The molecule has 20 heavy (non-hydrogen) atoms. The zero-order valence-electron chi connectivity index (χ0n) is 10.1. The lowest BCUT2D eigenvalue weighted by Crippen LogP contribution is -2.24. The highest BCUT2D eigenvalue weighted by Crippen LogP contribution is 2.21. The van der Waals surface area contributed by atoms with Crippen LogP contribution in [0.1, 0.15) is 15.9 Å². The fraction of sp³-hybridized carbons (Fsp3) is 0.0714. The number of halogens is 4. The first-order valence-electron chi connectivity index (χ1n) is 5.64. The number of amides is 1. The molecule has 0 spiro atoms. The first-order chi connectivity index (χ1) is 9.47. The molecule has 0 radical (unpaired) electrons. The van der Waals surface area contributed by atoms with Gasteiger partial charge in [0.05, 0.1) is 5.56 Å². The Morgan fingerprint density at radius 3 is 2.35 bits per heavy atom. The molecule has 0 saturated carbocycles. The van der Waals surface area contributed by atoms with Crippen molar-refractivity contribution >= 4 is 40.7 Å². The molecule has 1 N–H and O–H groups in total. The number of hydrogen-bond donors (Lipinski definition) is 1. The van der Waals surface area contributed by atoms with Gasteiger partial charge in [0.25, 0.3) is 5.91 Å². The molecule has 1 amide bonds. The average molecular weight is 333 g/mol. The Kier molecular flexibility index (Phi) is 4.86. The third kappa shape index (κ3) is 3.63. The average Bonchev–Trinajstić information content (AvgIpc) is 2.37. The van der Waals surface area contributed by atoms with Crippen molar-refractivity contribution in [2.24, 2.45) is 0 Å². The van der Waals surface area contributed by atoms with Crippen molar-refractivity contribution in [3.8, 4) is 0 Å². The van der Waals surface area contributed by atoms with Crippen LogP contribution in [0.5, 0.6) is 0 Å². The van der Waals surface area contributed by atoms with Crippen LogP contribution in [0, 0.1) is 5.82 Å². The van der Waals surface area contributed by atoms with E-state index in [0.717, 1.165) is 6.07 Å². The minimum absolute atomic E-state index is 0.0699. The number of rotatable bonds is 3. The number of hydrogen-bond acceptors (Lipinski definition) is 1. The van der Waals surface area contributed by atoms with Gasteiger partial charge >= 0.3 is 0 Å². The van der Waals surface area contributed by atoms with Gasteiger partial charge in [0.1, 0.15) is 5.82 Å². The van der Waals surface area contributed by atoms with Crippen molar-refractivity contribution in [1.82, 2.24) is 5.32 Å². The van der Waals surface area contributed by atoms with Gasteiger partial charge in [-0.3, -0.25) is 4.79 Å². The lowest BCUT2D eigenvalue weighted by molar-refractivity contribution is 0.0947. The lowest BCUT2D eigenvalue weighted by Gasteiger charge is -2.08. The molecule has 0 atom stereocenters. The lowest BCUT2D eigenvalue weighted by atomic mass is 10.2. The molecule has 104 valence electrons. The molecule has 6 heteroatoms. The number of benzene rings is 2. The molecular weight excluding hydrogens is 324 g/mol. The molecule has 0 fully saturated rings. The summed E-state index contributed by atoms with van der Waals surface area (Å²) < 4.78 is 13.6. The number of carbonyl (C=O) groups is 1. The topological polar surface area (TPSA) is 29.1 Å². The van der Waals surface area contributed by atoms with E-state index in [4.69, 9.17) is 34.8 Å². The molecule has 0 aliphatic carbocycles. The predicted octanol–water partition coefficient (Wildman–Crippen LogP) is 4.72. The summed E-state index contributed by atoms with van der Waals surface area (Å²) in [5.74, 6) is -1.21. The van der Waals surface area contributed by atoms with E-state index in [9.17, 15) is 9.18 Å². The maximum Gasteiger partial charge on any atom is 0.254 e. The summed E-state index contributed by atoms with van der Waals surface area (Å²) in [6.45, 7) is 0.177. The van der Waals surface area contributed by atoms with Gasteiger partial charge in [-0.25, -0.2) is 4.39 Å². The summed E-state index contributed by atoms with van der Waals surface area (Å²) >= 11 is 17.4. The Bertz CT molecular complexity index is 661. The maximum absolute atomic E-state index is 13.6. The second-order valence-corrected chi connectivity index (χ2v) is 5.32. The Hall–Kier alpha value is -1.29. The quantitative estimate of drug-likeness (QED) is 0.866. The Balaban J connectivity index is 2.08. The normalized spacial score (nSPS) is 10.4. The molecule has 0 aromatic heterocycles. The van der Waals surface area contributed by atoms with Gasteiger partial charge in [-0.1, -0.05) is 40.9 Å². The van der Waals surface area contributed by atoms with Crippen molar-refractivity contribution in [3.05, 3.63) is 68.4 Å². The van der Waals surface area contributed by atoms with Crippen LogP contribution in [0.3, 0.4) is 0 Å². The highest BCUT2D eigenvalue weighted by atomic mass is 35.5. The summed E-state index contributed by atoms with van der Waals surface area (Å²) in [4.78, 5) is 11.9. The number of nitrogens with one attached hydrogen (secondary N) is 1. The smallest absolute Gasteiger partial charge is 0.254 e. The van der Waals surface area contributed by atoms with Gasteiger partial charge in [-0.15, -0.1) is 0 Å². The van der Waals surface area contributed by atoms with Gasteiger partial charge in [-0.05, 0) is 35.9 Å². The predicted molar refractivity (Wildman–Crippen MR) is 79.0 cm³/mol. The summed E-state index contributed by atoms with van der Waals surface area (Å²) in [7, 11) is 0. The number of carbonyl (C=O) groups excluding carboxylic acids is 1.